The molecule has 0 radical (unpaired) electrons. The maximum atomic E-state index is 3.62. The van der Waals surface area contributed by atoms with Crippen LogP contribution in [0.4, 0.5) is 11.4 Å². The van der Waals surface area contributed by atoms with Gasteiger partial charge < -0.3 is 9.88 Å². The summed E-state index contributed by atoms with van der Waals surface area (Å²) in [6.45, 7) is 2.24. The van der Waals surface area contributed by atoms with Crippen LogP contribution in [-0.4, -0.2) is 4.57 Å². The molecule has 1 heterocycles. The summed E-state index contributed by atoms with van der Waals surface area (Å²) < 4.78 is 2.42. The first-order valence-electron chi connectivity index (χ1n) is 16.8. The summed E-state index contributed by atoms with van der Waals surface area (Å²) in [4.78, 5) is 0. The summed E-state index contributed by atoms with van der Waals surface area (Å²) in [5.41, 5.74) is 14.3. The second kappa shape index (κ2) is 12.0. The van der Waals surface area contributed by atoms with Crippen LogP contribution in [0.3, 0.4) is 0 Å². The van der Waals surface area contributed by atoms with Crippen molar-refractivity contribution < 1.29 is 0 Å². The third kappa shape index (κ3) is 5.24. The minimum absolute atomic E-state index is 1.06. The predicted molar refractivity (Wildman–Crippen MR) is 209 cm³/mol. The Labute approximate surface area is 286 Å². The van der Waals surface area contributed by atoms with Gasteiger partial charge in [0.2, 0.25) is 0 Å². The van der Waals surface area contributed by atoms with Crippen LogP contribution in [0.1, 0.15) is 5.56 Å². The van der Waals surface area contributed by atoms with Crippen LogP contribution in [0.2, 0.25) is 0 Å². The summed E-state index contributed by atoms with van der Waals surface area (Å²) in [5, 5.41) is 8.66. The van der Waals surface area contributed by atoms with Crippen molar-refractivity contribution in [3.63, 3.8) is 0 Å². The first kappa shape index (κ1) is 28.8. The van der Waals surface area contributed by atoms with E-state index < -0.39 is 0 Å². The van der Waals surface area contributed by atoms with E-state index in [1.54, 1.807) is 0 Å². The smallest absolute Gasteiger partial charge is 0.0547 e. The number of aromatic nitrogens is 1. The molecule has 0 fully saturated rings. The molecule has 0 aliphatic carbocycles. The van der Waals surface area contributed by atoms with Gasteiger partial charge in [-0.15, -0.1) is 0 Å². The SMILES string of the molecule is Cc1c(-c2ccccc2)ccc2cc(-n3c4ccccc4c4ccc(-c5cccc(Nc6ccc(-c7ccccc7)cc6)c5)cc43)ccc12. The first-order chi connectivity index (χ1) is 24.2. The van der Waals surface area contributed by atoms with E-state index in [1.165, 1.54) is 71.5 Å². The number of nitrogens with zero attached hydrogens (tertiary/aromatic N) is 1. The molecule has 9 rings (SSSR count). The van der Waals surface area contributed by atoms with E-state index in [9.17, 15) is 0 Å². The van der Waals surface area contributed by atoms with Crippen LogP contribution in [0.5, 0.6) is 0 Å². The average Bonchev–Trinajstić information content (AvgIpc) is 3.50. The molecule has 0 unspecified atom stereocenters. The van der Waals surface area contributed by atoms with Crippen molar-refractivity contribution in [1.82, 2.24) is 4.57 Å². The standard InChI is InChI=1S/C47H34N2/c1-32-42(35-13-6-3-7-14-35)26-22-38-30-41(25-28-43(32)38)49-46-18-9-8-17-44(46)45-27-21-37(31-47(45)49)36-15-10-16-40(29-36)48-39-23-19-34(20-24-39)33-11-4-2-5-12-33/h2-31,48H,1H3. The van der Waals surface area contributed by atoms with Crippen molar-refractivity contribution in [3.05, 3.63) is 188 Å². The number of benzene rings is 8. The van der Waals surface area contributed by atoms with E-state index in [1.807, 2.05) is 0 Å². The Balaban J connectivity index is 1.09. The van der Waals surface area contributed by atoms with E-state index in [0.29, 0.717) is 0 Å². The zero-order valence-electron chi connectivity index (χ0n) is 27.3. The van der Waals surface area contributed by atoms with Crippen LogP contribution >= 0.6 is 0 Å². The number of aryl methyl sites for hydroxylation is 1. The maximum absolute atomic E-state index is 3.62. The average molecular weight is 627 g/mol. The molecule has 1 N–H and O–H groups in total. The Morgan fingerprint density at radius 2 is 1.02 bits per heavy atom. The van der Waals surface area contributed by atoms with Gasteiger partial charge in [-0.3, -0.25) is 0 Å². The van der Waals surface area contributed by atoms with Gasteiger partial charge in [0.25, 0.3) is 0 Å². The molecule has 0 saturated carbocycles. The summed E-state index contributed by atoms with van der Waals surface area (Å²) in [7, 11) is 0. The quantitative estimate of drug-likeness (QED) is 0.194. The molecule has 2 nitrogen and oxygen atoms in total. The van der Waals surface area contributed by atoms with Crippen molar-refractivity contribution >= 4 is 44.0 Å². The van der Waals surface area contributed by atoms with Crippen LogP contribution < -0.4 is 5.32 Å². The summed E-state index contributed by atoms with van der Waals surface area (Å²) in [5.74, 6) is 0. The molecule has 232 valence electrons. The van der Waals surface area contributed by atoms with Gasteiger partial charge in [-0.25, -0.2) is 0 Å². The molecule has 8 aromatic carbocycles. The van der Waals surface area contributed by atoms with Crippen molar-refractivity contribution in [2.75, 3.05) is 5.32 Å². The minimum atomic E-state index is 1.06. The minimum Gasteiger partial charge on any atom is -0.356 e. The lowest BCUT2D eigenvalue weighted by Gasteiger charge is -2.14. The third-order valence-electron chi connectivity index (χ3n) is 9.77. The lowest BCUT2D eigenvalue weighted by atomic mass is 9.95. The summed E-state index contributed by atoms with van der Waals surface area (Å²) >= 11 is 0. The fourth-order valence-electron chi connectivity index (χ4n) is 7.29. The van der Waals surface area contributed by atoms with Crippen LogP contribution in [0.25, 0.3) is 71.6 Å². The van der Waals surface area contributed by atoms with Gasteiger partial charge in [0.1, 0.15) is 0 Å². The fraction of sp³-hybridized carbons (Fsp3) is 0.0213. The van der Waals surface area contributed by atoms with Gasteiger partial charge in [0.05, 0.1) is 11.0 Å². The van der Waals surface area contributed by atoms with Gasteiger partial charge in [0, 0.05) is 27.8 Å². The molecule has 1 aromatic heterocycles. The molecular formula is C47H34N2. The molecule has 0 saturated heterocycles. The molecule has 2 heteroatoms. The maximum Gasteiger partial charge on any atom is 0.0547 e. The van der Waals surface area contributed by atoms with E-state index in [2.05, 4.69) is 199 Å². The molecule has 0 aliphatic rings. The Morgan fingerprint density at radius 3 is 1.84 bits per heavy atom. The zero-order chi connectivity index (χ0) is 32.7. The number of nitrogens with one attached hydrogen (secondary N) is 1. The van der Waals surface area contributed by atoms with Gasteiger partial charge >= 0.3 is 0 Å². The highest BCUT2D eigenvalue weighted by molar-refractivity contribution is 6.10. The monoisotopic (exact) mass is 626 g/mol. The normalized spacial score (nSPS) is 11.4. The Kier molecular flexibility index (Phi) is 7.06. The number of rotatable bonds is 6. The highest BCUT2D eigenvalue weighted by Crippen LogP contribution is 2.37. The van der Waals surface area contributed by atoms with Crippen LogP contribution in [-0.2, 0) is 0 Å². The molecule has 0 spiro atoms. The van der Waals surface area contributed by atoms with Gasteiger partial charge in [-0.05, 0) is 105 Å². The molecule has 9 aromatic rings. The van der Waals surface area contributed by atoms with Gasteiger partial charge in [-0.2, -0.15) is 0 Å². The second-order valence-electron chi connectivity index (χ2n) is 12.7. The van der Waals surface area contributed by atoms with Gasteiger partial charge in [0.15, 0.2) is 0 Å². The molecule has 49 heavy (non-hydrogen) atoms. The number of fused-ring (bicyclic) bond motifs is 4. The highest BCUT2D eigenvalue weighted by atomic mass is 15.0. The van der Waals surface area contributed by atoms with E-state index in [0.717, 1.165) is 17.1 Å². The first-order valence-corrected chi connectivity index (χ1v) is 16.8. The number of anilines is 2. The van der Waals surface area contributed by atoms with Crippen molar-refractivity contribution in [1.29, 1.82) is 0 Å². The van der Waals surface area contributed by atoms with Crippen LogP contribution in [0.15, 0.2) is 182 Å². The molecular weight excluding hydrogens is 593 g/mol. The second-order valence-corrected chi connectivity index (χ2v) is 12.7. The largest absolute Gasteiger partial charge is 0.356 e. The van der Waals surface area contributed by atoms with Crippen molar-refractivity contribution in [3.8, 4) is 39.1 Å². The molecule has 0 amide bonds. The fourth-order valence-corrected chi connectivity index (χ4v) is 7.29. The molecule has 0 atom stereocenters. The van der Waals surface area contributed by atoms with Gasteiger partial charge in [-0.1, -0.05) is 133 Å². The number of hydrogen-bond acceptors (Lipinski definition) is 1. The summed E-state index contributed by atoms with van der Waals surface area (Å²) in [6.07, 6.45) is 0. The van der Waals surface area contributed by atoms with E-state index in [4.69, 9.17) is 0 Å². The Hall–Kier alpha value is -6.38. The molecule has 0 aliphatic heterocycles. The highest BCUT2D eigenvalue weighted by Gasteiger charge is 2.15. The van der Waals surface area contributed by atoms with Crippen LogP contribution in [0, 0.1) is 6.92 Å². The lowest BCUT2D eigenvalue weighted by Crippen LogP contribution is -1.95. The molecule has 0 bridgehead atoms. The third-order valence-corrected chi connectivity index (χ3v) is 9.77. The number of hydrogen-bond donors (Lipinski definition) is 1. The zero-order valence-corrected chi connectivity index (χ0v) is 27.3. The van der Waals surface area contributed by atoms with E-state index in [-0.39, 0.29) is 0 Å². The lowest BCUT2D eigenvalue weighted by molar-refractivity contribution is 1.19. The van der Waals surface area contributed by atoms with Crippen molar-refractivity contribution in [2.45, 2.75) is 6.92 Å². The van der Waals surface area contributed by atoms with Crippen molar-refractivity contribution in [2.24, 2.45) is 0 Å². The topological polar surface area (TPSA) is 17.0 Å². The number of para-hydroxylation sites is 1. The summed E-state index contributed by atoms with van der Waals surface area (Å²) in [6, 6.07) is 65.5. The Bertz CT molecular complexity index is 2610. The Morgan fingerprint density at radius 1 is 0.388 bits per heavy atom. The predicted octanol–water partition coefficient (Wildman–Crippen LogP) is 13.0. The van der Waals surface area contributed by atoms with E-state index >= 15 is 0 Å².